The monoisotopic (exact) mass is 481 g/mol. The van der Waals surface area contributed by atoms with Crippen LogP contribution in [0.4, 0.5) is 0 Å². The number of phenolic OH excluding ortho intramolecular Hbond substituents is 1. The molecule has 2 saturated heterocycles. The molecule has 0 bridgehead atoms. The van der Waals surface area contributed by atoms with E-state index in [9.17, 15) is 9.90 Å². The second kappa shape index (κ2) is 9.53. The number of ether oxygens (including phenoxy) is 1. The second-order valence-corrected chi connectivity index (χ2v) is 9.22. The Morgan fingerprint density at radius 3 is 2.50 bits per heavy atom. The average molecular weight is 482 g/mol. The van der Waals surface area contributed by atoms with Crippen molar-refractivity contribution in [2.75, 3.05) is 0 Å². The number of amides is 1. The van der Waals surface area contributed by atoms with Gasteiger partial charge in [0, 0.05) is 11.5 Å². The highest BCUT2D eigenvalue weighted by atomic mass is 16.5. The fraction of sp³-hybridized carbons (Fsp3) is 0.207. The molecule has 182 valence electrons. The number of carbonyl (C=O) groups excluding carboxylic acids is 1. The number of nitrogens with one attached hydrogen (secondary N) is 2. The van der Waals surface area contributed by atoms with Crippen LogP contribution >= 0.6 is 0 Å². The first kappa shape index (κ1) is 22.4. The third-order valence-corrected chi connectivity index (χ3v) is 7.04. The number of para-hydroxylation sites is 1. The molecular weight excluding hydrogens is 454 g/mol. The van der Waals surface area contributed by atoms with Crippen molar-refractivity contribution in [3.63, 3.8) is 0 Å². The van der Waals surface area contributed by atoms with Crippen LogP contribution in [-0.4, -0.2) is 22.0 Å². The number of carbonyl (C=O) groups is 1. The first-order chi connectivity index (χ1) is 17.7. The topological polar surface area (TPSA) is 87.0 Å². The van der Waals surface area contributed by atoms with Gasteiger partial charge in [-0.2, -0.15) is 0 Å². The summed E-state index contributed by atoms with van der Waals surface area (Å²) in [5.41, 5.74) is 9.29. The Labute approximate surface area is 209 Å². The highest BCUT2D eigenvalue weighted by Gasteiger charge is 2.56. The number of hydrogen-bond donors (Lipinski definition) is 3. The van der Waals surface area contributed by atoms with Crippen LogP contribution in [0, 0.1) is 5.92 Å². The standard InChI is InChI=1S/C29H27N3O4/c33-24-14-5-4-13-23(24)26-25-27(31-30-26)29(34)32(17-22-12-7-15-35-22)28(25)20-10-6-11-21(16-20)36-18-19-8-2-1-3-9-19/h1-16,25-28,30-31,33H,17-18H2. The summed E-state index contributed by atoms with van der Waals surface area (Å²) in [5.74, 6) is 1.49. The van der Waals surface area contributed by atoms with E-state index < -0.39 is 6.04 Å². The molecule has 2 aliphatic heterocycles. The Morgan fingerprint density at radius 2 is 1.69 bits per heavy atom. The van der Waals surface area contributed by atoms with Crippen LogP contribution < -0.4 is 15.6 Å². The van der Waals surface area contributed by atoms with Gasteiger partial charge in [-0.15, -0.1) is 0 Å². The molecule has 4 aromatic rings. The van der Waals surface area contributed by atoms with E-state index in [1.807, 2.05) is 83.8 Å². The third kappa shape index (κ3) is 4.12. The average Bonchev–Trinajstić information content (AvgIpc) is 3.64. The maximum Gasteiger partial charge on any atom is 0.242 e. The SMILES string of the molecule is O=C1C2NNC(c3ccccc3O)C2C(c2cccc(OCc3ccccc3)c2)N1Cc1ccco1. The minimum Gasteiger partial charge on any atom is -0.508 e. The molecule has 4 atom stereocenters. The third-order valence-electron chi connectivity index (χ3n) is 7.04. The van der Waals surface area contributed by atoms with Gasteiger partial charge in [0.15, 0.2) is 0 Å². The Kier molecular flexibility index (Phi) is 5.93. The molecule has 4 unspecified atom stereocenters. The molecule has 1 amide bonds. The molecule has 3 N–H and O–H groups in total. The Morgan fingerprint density at radius 1 is 0.889 bits per heavy atom. The number of hydrogen-bond acceptors (Lipinski definition) is 6. The summed E-state index contributed by atoms with van der Waals surface area (Å²) in [5, 5.41) is 10.6. The van der Waals surface area contributed by atoms with Crippen molar-refractivity contribution in [2.24, 2.45) is 5.92 Å². The van der Waals surface area contributed by atoms with Crippen LogP contribution in [0.25, 0.3) is 0 Å². The molecule has 2 fully saturated rings. The van der Waals surface area contributed by atoms with Gasteiger partial charge in [-0.1, -0.05) is 60.7 Å². The summed E-state index contributed by atoms with van der Waals surface area (Å²) < 4.78 is 11.7. The molecule has 7 heteroatoms. The second-order valence-electron chi connectivity index (χ2n) is 9.22. The first-order valence-corrected chi connectivity index (χ1v) is 12.1. The highest BCUT2D eigenvalue weighted by molar-refractivity contribution is 5.86. The summed E-state index contributed by atoms with van der Waals surface area (Å²) in [6, 6.07) is 28.0. The van der Waals surface area contributed by atoms with Crippen molar-refractivity contribution < 1.29 is 19.1 Å². The number of benzene rings is 3. The van der Waals surface area contributed by atoms with Crippen molar-refractivity contribution in [1.29, 1.82) is 0 Å². The molecule has 7 nitrogen and oxygen atoms in total. The molecule has 3 heterocycles. The summed E-state index contributed by atoms with van der Waals surface area (Å²) in [7, 11) is 0. The zero-order valence-electron chi connectivity index (χ0n) is 19.6. The number of nitrogens with zero attached hydrogens (tertiary/aromatic N) is 1. The number of furan rings is 1. The Bertz CT molecular complexity index is 1340. The molecular formula is C29H27N3O4. The largest absolute Gasteiger partial charge is 0.508 e. The number of rotatable bonds is 7. The van der Waals surface area contributed by atoms with Crippen LogP contribution in [0.5, 0.6) is 11.5 Å². The fourth-order valence-corrected chi connectivity index (χ4v) is 5.39. The van der Waals surface area contributed by atoms with E-state index >= 15 is 0 Å². The molecule has 3 aromatic carbocycles. The van der Waals surface area contributed by atoms with Gasteiger partial charge in [0.1, 0.15) is 29.9 Å². The Hall–Kier alpha value is -4.07. The quantitative estimate of drug-likeness (QED) is 0.361. The lowest BCUT2D eigenvalue weighted by Gasteiger charge is -2.31. The van der Waals surface area contributed by atoms with Crippen molar-refractivity contribution in [2.45, 2.75) is 31.3 Å². The highest BCUT2D eigenvalue weighted by Crippen LogP contribution is 2.49. The molecule has 0 aliphatic carbocycles. The summed E-state index contributed by atoms with van der Waals surface area (Å²) in [6.07, 6.45) is 1.62. The van der Waals surface area contributed by atoms with E-state index in [2.05, 4.69) is 10.9 Å². The molecule has 6 rings (SSSR count). The molecule has 2 aliphatic rings. The van der Waals surface area contributed by atoms with Crippen molar-refractivity contribution in [1.82, 2.24) is 15.8 Å². The van der Waals surface area contributed by atoms with Gasteiger partial charge in [0.05, 0.1) is 24.9 Å². The molecule has 0 spiro atoms. The summed E-state index contributed by atoms with van der Waals surface area (Å²) in [6.45, 7) is 0.813. The molecule has 1 aromatic heterocycles. The lowest BCUT2D eigenvalue weighted by molar-refractivity contribution is -0.131. The number of phenols is 1. The zero-order chi connectivity index (χ0) is 24.5. The van der Waals surface area contributed by atoms with Crippen molar-refractivity contribution in [3.05, 3.63) is 120 Å². The van der Waals surface area contributed by atoms with Gasteiger partial charge in [-0.05, 0) is 41.5 Å². The van der Waals surface area contributed by atoms with E-state index in [1.54, 1.807) is 18.4 Å². The number of aromatic hydroxyl groups is 1. The van der Waals surface area contributed by atoms with Gasteiger partial charge in [0.2, 0.25) is 5.91 Å². The van der Waals surface area contributed by atoms with Gasteiger partial charge < -0.3 is 19.2 Å². The lowest BCUT2D eigenvalue weighted by atomic mass is 9.83. The number of fused-ring (bicyclic) bond motifs is 1. The molecule has 36 heavy (non-hydrogen) atoms. The van der Waals surface area contributed by atoms with Gasteiger partial charge in [-0.3, -0.25) is 4.79 Å². The van der Waals surface area contributed by atoms with Gasteiger partial charge in [0.25, 0.3) is 0 Å². The van der Waals surface area contributed by atoms with Gasteiger partial charge >= 0.3 is 0 Å². The normalized spacial score (nSPS) is 23.1. The minimum absolute atomic E-state index is 0.0116. The van der Waals surface area contributed by atoms with E-state index in [-0.39, 0.29) is 29.7 Å². The minimum atomic E-state index is -0.441. The Balaban J connectivity index is 1.36. The molecule has 0 radical (unpaired) electrons. The number of hydrazine groups is 1. The number of likely N-dealkylation sites (tertiary alicyclic amines) is 1. The fourth-order valence-electron chi connectivity index (χ4n) is 5.39. The van der Waals surface area contributed by atoms with E-state index in [1.165, 1.54) is 0 Å². The maximum absolute atomic E-state index is 13.6. The van der Waals surface area contributed by atoms with Crippen molar-refractivity contribution >= 4 is 5.91 Å². The van der Waals surface area contributed by atoms with E-state index in [4.69, 9.17) is 9.15 Å². The van der Waals surface area contributed by atoms with Crippen molar-refractivity contribution in [3.8, 4) is 11.5 Å². The van der Waals surface area contributed by atoms with Gasteiger partial charge in [-0.25, -0.2) is 10.9 Å². The first-order valence-electron chi connectivity index (χ1n) is 12.1. The summed E-state index contributed by atoms with van der Waals surface area (Å²) >= 11 is 0. The smallest absolute Gasteiger partial charge is 0.242 e. The maximum atomic E-state index is 13.6. The lowest BCUT2D eigenvalue weighted by Crippen LogP contribution is -2.41. The van der Waals surface area contributed by atoms with Crippen LogP contribution in [0.3, 0.4) is 0 Å². The predicted octanol–water partition coefficient (Wildman–Crippen LogP) is 4.48. The molecule has 0 saturated carbocycles. The predicted molar refractivity (Wildman–Crippen MR) is 134 cm³/mol. The van der Waals surface area contributed by atoms with Crippen LogP contribution in [-0.2, 0) is 17.9 Å². The zero-order valence-corrected chi connectivity index (χ0v) is 19.6. The van der Waals surface area contributed by atoms with Crippen LogP contribution in [0.2, 0.25) is 0 Å². The van der Waals surface area contributed by atoms with Crippen LogP contribution in [0.15, 0.2) is 102 Å². The van der Waals surface area contributed by atoms with E-state index in [0.717, 1.165) is 28.2 Å². The van der Waals surface area contributed by atoms with Crippen LogP contribution in [0.1, 0.15) is 34.5 Å². The van der Waals surface area contributed by atoms with E-state index in [0.29, 0.717) is 13.2 Å². The summed E-state index contributed by atoms with van der Waals surface area (Å²) in [4.78, 5) is 15.5.